The van der Waals surface area contributed by atoms with Gasteiger partial charge in [0.05, 0.1) is 11.0 Å². The smallest absolute Gasteiger partial charge is 0.199 e. The van der Waals surface area contributed by atoms with Gasteiger partial charge in [-0.25, -0.2) is 8.42 Å². The maximum absolute atomic E-state index is 12.1. The number of nitriles is 1. The summed E-state index contributed by atoms with van der Waals surface area (Å²) in [6, 6.07) is 7.91. The van der Waals surface area contributed by atoms with Crippen molar-refractivity contribution in [3.63, 3.8) is 0 Å². The number of hydrogen-bond donors (Lipinski definition) is 0. The van der Waals surface area contributed by atoms with Crippen molar-refractivity contribution in [2.45, 2.75) is 17.1 Å². The Balaban J connectivity index is 3.14. The Bertz CT molecular complexity index is 544. The van der Waals surface area contributed by atoms with E-state index in [4.69, 9.17) is 5.26 Å². The summed E-state index contributed by atoms with van der Waals surface area (Å²) in [5, 5.41) is 7.64. The lowest BCUT2D eigenvalue weighted by Crippen LogP contribution is -2.21. The van der Waals surface area contributed by atoms with Gasteiger partial charge in [-0.3, -0.25) is 4.99 Å². The normalized spacial score (nSPS) is 13.5. The molecule has 1 rings (SSSR count). The van der Waals surface area contributed by atoms with Crippen molar-refractivity contribution >= 4 is 32.0 Å². The molecule has 0 saturated heterocycles. The third-order valence-electron chi connectivity index (χ3n) is 2.03. The van der Waals surface area contributed by atoms with E-state index in [-0.39, 0.29) is 4.90 Å². The molecule has 0 spiro atoms. The van der Waals surface area contributed by atoms with Crippen LogP contribution in [-0.2, 0) is 9.84 Å². The molecule has 90 valence electrons. The van der Waals surface area contributed by atoms with E-state index in [9.17, 15) is 8.42 Å². The topological polar surface area (TPSA) is 70.3 Å². The lowest BCUT2D eigenvalue weighted by Gasteiger charge is -2.06. The molecule has 0 aliphatic heterocycles. The molecule has 0 fully saturated rings. The van der Waals surface area contributed by atoms with Crippen molar-refractivity contribution in [1.82, 2.24) is 0 Å². The Morgan fingerprint density at radius 3 is 2.53 bits per heavy atom. The van der Waals surface area contributed by atoms with Crippen LogP contribution in [0, 0.1) is 11.3 Å². The quantitative estimate of drug-likeness (QED) is 0.800. The predicted octanol–water partition coefficient (Wildman–Crippen LogP) is 2.21. The Morgan fingerprint density at radius 1 is 1.47 bits per heavy atom. The van der Waals surface area contributed by atoms with E-state index in [0.29, 0.717) is 6.54 Å². The highest BCUT2D eigenvalue weighted by Crippen LogP contribution is 2.18. The van der Waals surface area contributed by atoms with E-state index in [2.05, 4.69) is 20.9 Å². The molecule has 0 bridgehead atoms. The first-order chi connectivity index (χ1) is 8.02. The largest absolute Gasteiger partial charge is 0.295 e. The molecule has 1 atom stereocenters. The minimum atomic E-state index is -3.67. The Morgan fingerprint density at radius 2 is 2.06 bits per heavy atom. The molecule has 0 aliphatic carbocycles. The SMILES string of the molecule is CCN=CC(C#N)S(=O)(=O)c1ccc(Br)cc1. The average molecular weight is 315 g/mol. The maximum atomic E-state index is 12.1. The first kappa shape index (κ1) is 13.9. The van der Waals surface area contributed by atoms with Crippen molar-refractivity contribution in [2.24, 2.45) is 4.99 Å². The molecular formula is C11H11BrN2O2S. The third-order valence-corrected chi connectivity index (χ3v) is 4.38. The van der Waals surface area contributed by atoms with Gasteiger partial charge in [0, 0.05) is 17.2 Å². The number of aliphatic imine (C=N–C) groups is 1. The molecule has 1 unspecified atom stereocenters. The van der Waals surface area contributed by atoms with Crippen LogP contribution in [0.1, 0.15) is 6.92 Å². The standard InChI is InChI=1S/C11H11BrN2O2S/c1-2-14-8-11(7-13)17(15,16)10-5-3-9(12)4-6-10/h3-6,8,11H,2H2,1H3. The van der Waals surface area contributed by atoms with Gasteiger partial charge in [0.2, 0.25) is 0 Å². The lowest BCUT2D eigenvalue weighted by molar-refractivity contribution is 0.596. The fraction of sp³-hybridized carbons (Fsp3) is 0.273. The van der Waals surface area contributed by atoms with E-state index in [1.54, 1.807) is 25.1 Å². The van der Waals surface area contributed by atoms with Gasteiger partial charge in [-0.05, 0) is 31.2 Å². The molecule has 0 radical (unpaired) electrons. The monoisotopic (exact) mass is 314 g/mol. The van der Waals surface area contributed by atoms with Crippen LogP contribution in [0.25, 0.3) is 0 Å². The molecule has 1 aromatic rings. The van der Waals surface area contributed by atoms with Gasteiger partial charge in [-0.1, -0.05) is 15.9 Å². The molecule has 0 saturated carbocycles. The van der Waals surface area contributed by atoms with Crippen molar-refractivity contribution in [3.8, 4) is 6.07 Å². The van der Waals surface area contributed by atoms with E-state index < -0.39 is 15.1 Å². The molecule has 1 aromatic carbocycles. The number of halogens is 1. The van der Waals surface area contributed by atoms with Crippen LogP contribution < -0.4 is 0 Å². The molecule has 0 aliphatic rings. The van der Waals surface area contributed by atoms with Crippen LogP contribution in [0.2, 0.25) is 0 Å². The van der Waals surface area contributed by atoms with Crippen molar-refractivity contribution in [3.05, 3.63) is 28.7 Å². The fourth-order valence-corrected chi connectivity index (χ4v) is 2.61. The van der Waals surface area contributed by atoms with Gasteiger partial charge in [-0.15, -0.1) is 0 Å². The van der Waals surface area contributed by atoms with Gasteiger partial charge in [0.1, 0.15) is 0 Å². The Kier molecular flexibility index (Phi) is 4.85. The molecule has 0 heterocycles. The van der Waals surface area contributed by atoms with Crippen molar-refractivity contribution in [2.75, 3.05) is 6.54 Å². The third kappa shape index (κ3) is 3.38. The first-order valence-electron chi connectivity index (χ1n) is 4.91. The summed E-state index contributed by atoms with van der Waals surface area (Å²) in [5.74, 6) is 0. The van der Waals surface area contributed by atoms with Crippen LogP contribution in [0.5, 0.6) is 0 Å². The zero-order valence-corrected chi connectivity index (χ0v) is 11.6. The molecular weight excluding hydrogens is 304 g/mol. The van der Waals surface area contributed by atoms with E-state index in [1.807, 2.05) is 0 Å². The average Bonchev–Trinajstić information content (AvgIpc) is 2.30. The summed E-state index contributed by atoms with van der Waals surface area (Å²) < 4.78 is 24.9. The van der Waals surface area contributed by atoms with E-state index >= 15 is 0 Å². The van der Waals surface area contributed by atoms with Crippen molar-refractivity contribution < 1.29 is 8.42 Å². The number of benzene rings is 1. The number of sulfone groups is 1. The summed E-state index contributed by atoms with van der Waals surface area (Å²) in [6.07, 6.45) is 1.18. The molecule has 0 aromatic heterocycles. The van der Waals surface area contributed by atoms with Crippen LogP contribution >= 0.6 is 15.9 Å². The van der Waals surface area contributed by atoms with Gasteiger partial charge in [0.25, 0.3) is 0 Å². The fourth-order valence-electron chi connectivity index (χ4n) is 1.15. The Hall–Kier alpha value is -1.19. The summed E-state index contributed by atoms with van der Waals surface area (Å²) in [5.41, 5.74) is 0. The molecule has 0 amide bonds. The minimum absolute atomic E-state index is 0.120. The van der Waals surface area contributed by atoms with Crippen LogP contribution in [-0.4, -0.2) is 26.4 Å². The maximum Gasteiger partial charge on any atom is 0.199 e. The second-order valence-electron chi connectivity index (χ2n) is 3.20. The first-order valence-corrected chi connectivity index (χ1v) is 7.25. The summed E-state index contributed by atoms with van der Waals surface area (Å²) in [4.78, 5) is 3.94. The van der Waals surface area contributed by atoms with Crippen molar-refractivity contribution in [1.29, 1.82) is 5.26 Å². The zero-order chi connectivity index (χ0) is 12.9. The Labute approximate surface area is 109 Å². The predicted molar refractivity (Wildman–Crippen MR) is 69.8 cm³/mol. The molecule has 6 heteroatoms. The molecule has 4 nitrogen and oxygen atoms in total. The van der Waals surface area contributed by atoms with Gasteiger partial charge in [0.15, 0.2) is 15.1 Å². The number of nitrogens with zero attached hydrogens (tertiary/aromatic N) is 2. The second-order valence-corrected chi connectivity index (χ2v) is 6.18. The minimum Gasteiger partial charge on any atom is -0.295 e. The van der Waals surface area contributed by atoms with Gasteiger partial charge in [-0.2, -0.15) is 5.26 Å². The second kappa shape index (κ2) is 5.94. The van der Waals surface area contributed by atoms with Crippen LogP contribution in [0.4, 0.5) is 0 Å². The number of hydrogen-bond acceptors (Lipinski definition) is 4. The lowest BCUT2D eigenvalue weighted by atomic mass is 10.4. The van der Waals surface area contributed by atoms with Gasteiger partial charge < -0.3 is 0 Å². The highest BCUT2D eigenvalue weighted by atomic mass is 79.9. The number of rotatable bonds is 4. The highest BCUT2D eigenvalue weighted by molar-refractivity contribution is 9.10. The zero-order valence-electron chi connectivity index (χ0n) is 9.17. The van der Waals surface area contributed by atoms with E-state index in [0.717, 1.165) is 4.47 Å². The summed E-state index contributed by atoms with van der Waals surface area (Å²) in [6.45, 7) is 2.23. The van der Waals surface area contributed by atoms with Gasteiger partial charge >= 0.3 is 0 Å². The van der Waals surface area contributed by atoms with Crippen LogP contribution in [0.3, 0.4) is 0 Å². The molecule has 17 heavy (non-hydrogen) atoms. The molecule has 0 N–H and O–H groups in total. The van der Waals surface area contributed by atoms with E-state index in [1.165, 1.54) is 18.3 Å². The van der Waals surface area contributed by atoms with Crippen LogP contribution in [0.15, 0.2) is 38.6 Å². The summed E-state index contributed by atoms with van der Waals surface area (Å²) in [7, 11) is -3.67. The highest BCUT2D eigenvalue weighted by Gasteiger charge is 2.25. The summed E-state index contributed by atoms with van der Waals surface area (Å²) >= 11 is 3.22.